The van der Waals surface area contributed by atoms with E-state index < -0.39 is 7.26 Å². The highest BCUT2D eigenvalue weighted by atomic mass is 35.5. The van der Waals surface area contributed by atoms with Gasteiger partial charge in [0, 0.05) is 10.6 Å². The van der Waals surface area contributed by atoms with Crippen LogP contribution in [0.4, 0.5) is 0 Å². The third-order valence-electron chi connectivity index (χ3n) is 5.24. The highest BCUT2D eigenvalue weighted by Gasteiger charge is 2.45. The predicted molar refractivity (Wildman–Crippen MR) is 127 cm³/mol. The largest absolute Gasteiger partial charge is 0.496 e. The molecule has 29 heavy (non-hydrogen) atoms. The Morgan fingerprint density at radius 2 is 1.10 bits per heavy atom. The fraction of sp³-hybridized carbons (Fsp3) is 0.0769. The molecule has 0 saturated heterocycles. The summed E-state index contributed by atoms with van der Waals surface area (Å²) in [6.07, 6.45) is 0.842. The van der Waals surface area contributed by atoms with Gasteiger partial charge in [-0.1, -0.05) is 66.2 Å². The van der Waals surface area contributed by atoms with Crippen molar-refractivity contribution in [2.45, 2.75) is 6.16 Å². The van der Waals surface area contributed by atoms with Crippen molar-refractivity contribution in [2.75, 3.05) is 7.11 Å². The zero-order valence-electron chi connectivity index (χ0n) is 16.3. The maximum atomic E-state index is 6.40. The normalized spacial score (nSPS) is 11.2. The van der Waals surface area contributed by atoms with Crippen LogP contribution in [-0.4, -0.2) is 7.11 Å². The van der Waals surface area contributed by atoms with Gasteiger partial charge in [-0.3, -0.25) is 0 Å². The molecule has 0 amide bonds. The van der Waals surface area contributed by atoms with E-state index in [0.29, 0.717) is 0 Å². The van der Waals surface area contributed by atoms with Crippen LogP contribution in [-0.2, 0) is 6.16 Å². The molecule has 0 radical (unpaired) electrons. The minimum absolute atomic E-state index is 0.730. The first-order chi connectivity index (χ1) is 14.2. The Morgan fingerprint density at radius 3 is 1.52 bits per heavy atom. The molecule has 0 saturated carbocycles. The van der Waals surface area contributed by atoms with Gasteiger partial charge < -0.3 is 4.74 Å². The molecule has 0 unspecified atom stereocenters. The quantitative estimate of drug-likeness (QED) is 0.358. The Bertz CT molecular complexity index is 969. The molecule has 4 aromatic carbocycles. The molecule has 144 valence electrons. The van der Waals surface area contributed by atoms with Crippen molar-refractivity contribution >= 4 is 34.8 Å². The van der Waals surface area contributed by atoms with Gasteiger partial charge in [0.25, 0.3) is 0 Å². The van der Waals surface area contributed by atoms with Gasteiger partial charge in [-0.2, -0.15) is 0 Å². The van der Waals surface area contributed by atoms with E-state index in [1.807, 2.05) is 18.2 Å². The maximum Gasteiger partial charge on any atom is 0.125 e. The van der Waals surface area contributed by atoms with Crippen LogP contribution in [0.2, 0.25) is 5.02 Å². The number of halogens is 1. The van der Waals surface area contributed by atoms with E-state index in [1.54, 1.807) is 7.11 Å². The number of methoxy groups -OCH3 is 1. The monoisotopic (exact) mass is 417 g/mol. The Labute approximate surface area is 178 Å². The van der Waals surface area contributed by atoms with E-state index in [0.717, 1.165) is 22.5 Å². The minimum atomic E-state index is -1.97. The van der Waals surface area contributed by atoms with Crippen molar-refractivity contribution in [1.82, 2.24) is 0 Å². The predicted octanol–water partition coefficient (Wildman–Crippen LogP) is 5.84. The standard InChI is InChI=1S/C26H23ClOP/c1-28-26-18-17-22(27)19-21(26)20-29(23-11-5-2-6-12-23,24-13-7-3-8-14-24)25-15-9-4-10-16-25/h2-19H,20H2,1H3/q+1. The van der Waals surface area contributed by atoms with Gasteiger partial charge in [0.15, 0.2) is 0 Å². The maximum absolute atomic E-state index is 6.40. The fourth-order valence-electron chi connectivity index (χ4n) is 3.89. The molecule has 3 heteroatoms. The summed E-state index contributed by atoms with van der Waals surface area (Å²) < 4.78 is 5.71. The lowest BCUT2D eigenvalue weighted by atomic mass is 10.2. The topological polar surface area (TPSA) is 9.23 Å². The number of benzene rings is 4. The molecule has 0 aliphatic carbocycles. The van der Waals surface area contributed by atoms with Gasteiger partial charge in [-0.05, 0) is 54.6 Å². The molecule has 0 aromatic heterocycles. The first-order valence-electron chi connectivity index (χ1n) is 9.61. The Kier molecular flexibility index (Phi) is 6.00. The van der Waals surface area contributed by atoms with Crippen LogP contribution in [0.5, 0.6) is 5.75 Å². The third kappa shape index (κ3) is 3.94. The third-order valence-corrected chi connectivity index (χ3v) is 9.83. The molecule has 0 atom stereocenters. The van der Waals surface area contributed by atoms with Gasteiger partial charge >= 0.3 is 0 Å². The average molecular weight is 418 g/mol. The second-order valence-corrected chi connectivity index (χ2v) is 10.9. The Morgan fingerprint density at radius 1 is 0.655 bits per heavy atom. The molecule has 0 aliphatic heterocycles. The van der Waals surface area contributed by atoms with Gasteiger partial charge in [0.05, 0.1) is 7.11 Å². The van der Waals surface area contributed by atoms with Crippen molar-refractivity contribution in [3.63, 3.8) is 0 Å². The fourth-order valence-corrected chi connectivity index (χ4v) is 8.33. The molecule has 4 aromatic rings. The van der Waals surface area contributed by atoms with Crippen molar-refractivity contribution in [3.8, 4) is 5.75 Å². The summed E-state index contributed by atoms with van der Waals surface area (Å²) in [4.78, 5) is 0. The lowest BCUT2D eigenvalue weighted by molar-refractivity contribution is 0.411. The summed E-state index contributed by atoms with van der Waals surface area (Å²) in [6.45, 7) is 0. The first kappa shape index (κ1) is 19.7. The smallest absolute Gasteiger partial charge is 0.125 e. The van der Waals surface area contributed by atoms with Crippen LogP contribution < -0.4 is 20.7 Å². The van der Waals surface area contributed by atoms with E-state index in [2.05, 4.69) is 91.0 Å². The van der Waals surface area contributed by atoms with Crippen molar-refractivity contribution in [3.05, 3.63) is 120 Å². The molecule has 1 nitrogen and oxygen atoms in total. The number of hydrogen-bond acceptors (Lipinski definition) is 1. The second-order valence-electron chi connectivity index (χ2n) is 6.93. The summed E-state index contributed by atoms with van der Waals surface area (Å²) in [6, 6.07) is 38.4. The summed E-state index contributed by atoms with van der Waals surface area (Å²) in [5, 5.41) is 4.77. The second kappa shape index (κ2) is 8.82. The summed E-state index contributed by atoms with van der Waals surface area (Å²) >= 11 is 6.40. The molecular weight excluding hydrogens is 395 g/mol. The molecular formula is C26H23ClOP+. The number of hydrogen-bond donors (Lipinski definition) is 0. The Balaban J connectivity index is 2.02. The van der Waals surface area contributed by atoms with Gasteiger partial charge in [-0.15, -0.1) is 0 Å². The van der Waals surface area contributed by atoms with Crippen molar-refractivity contribution in [2.24, 2.45) is 0 Å². The Hall–Kier alpha value is -2.60. The zero-order chi connectivity index (χ0) is 20.1. The molecule has 0 spiro atoms. The summed E-state index contributed by atoms with van der Waals surface area (Å²) in [5.41, 5.74) is 1.13. The van der Waals surface area contributed by atoms with Crippen LogP contribution in [0, 0.1) is 0 Å². The molecule has 0 bridgehead atoms. The van der Waals surface area contributed by atoms with Crippen LogP contribution in [0.3, 0.4) is 0 Å². The van der Waals surface area contributed by atoms with Crippen LogP contribution in [0.25, 0.3) is 0 Å². The van der Waals surface area contributed by atoms with Gasteiger partial charge in [-0.25, -0.2) is 0 Å². The van der Waals surface area contributed by atoms with E-state index in [4.69, 9.17) is 16.3 Å². The van der Waals surface area contributed by atoms with E-state index in [1.165, 1.54) is 15.9 Å². The minimum Gasteiger partial charge on any atom is -0.496 e. The van der Waals surface area contributed by atoms with Crippen molar-refractivity contribution in [1.29, 1.82) is 0 Å². The molecule has 0 fully saturated rings. The molecule has 4 rings (SSSR count). The van der Waals surface area contributed by atoms with Crippen molar-refractivity contribution < 1.29 is 4.74 Å². The average Bonchev–Trinajstić information content (AvgIpc) is 2.79. The van der Waals surface area contributed by atoms with Crippen LogP contribution >= 0.6 is 18.9 Å². The molecule has 0 heterocycles. The molecule has 0 N–H and O–H groups in total. The van der Waals surface area contributed by atoms with Gasteiger partial charge in [0.2, 0.25) is 0 Å². The first-order valence-corrected chi connectivity index (χ1v) is 12.0. The number of rotatable bonds is 6. The lowest BCUT2D eigenvalue weighted by Gasteiger charge is -2.28. The van der Waals surface area contributed by atoms with Crippen LogP contribution in [0.1, 0.15) is 5.56 Å². The number of ether oxygens (including phenoxy) is 1. The summed E-state index contributed by atoms with van der Waals surface area (Å²) in [5.74, 6) is 0.876. The highest BCUT2D eigenvalue weighted by molar-refractivity contribution is 7.95. The highest BCUT2D eigenvalue weighted by Crippen LogP contribution is 2.59. The summed E-state index contributed by atoms with van der Waals surface area (Å²) in [7, 11) is -0.251. The SMILES string of the molecule is COc1ccc(Cl)cc1C[P+](c1ccccc1)(c1ccccc1)c1ccccc1. The van der Waals surface area contributed by atoms with E-state index >= 15 is 0 Å². The van der Waals surface area contributed by atoms with E-state index in [9.17, 15) is 0 Å². The molecule has 0 aliphatic rings. The van der Waals surface area contributed by atoms with Crippen LogP contribution in [0.15, 0.2) is 109 Å². The van der Waals surface area contributed by atoms with Gasteiger partial charge in [0.1, 0.15) is 35.1 Å². The lowest BCUT2D eigenvalue weighted by Crippen LogP contribution is -2.32. The zero-order valence-corrected chi connectivity index (χ0v) is 18.0. The van der Waals surface area contributed by atoms with E-state index in [-0.39, 0.29) is 0 Å².